The zero-order valence-corrected chi connectivity index (χ0v) is 14.6. The van der Waals surface area contributed by atoms with Gasteiger partial charge in [0, 0.05) is 17.4 Å². The Kier molecular flexibility index (Phi) is 4.83. The fourth-order valence-corrected chi connectivity index (χ4v) is 6.78. The fraction of sp³-hybridized carbons (Fsp3) is 0.400. The van der Waals surface area contributed by atoms with E-state index in [1.165, 1.54) is 36.0 Å². The number of hydrogen-bond acceptors (Lipinski definition) is 5. The predicted molar refractivity (Wildman–Crippen MR) is 92.0 cm³/mol. The summed E-state index contributed by atoms with van der Waals surface area (Å²) >= 11 is 1.19. The number of nitrogens with zero attached hydrogens (tertiary/aromatic N) is 2. The van der Waals surface area contributed by atoms with Crippen LogP contribution < -0.4 is 4.90 Å². The van der Waals surface area contributed by atoms with Gasteiger partial charge >= 0.3 is 5.97 Å². The summed E-state index contributed by atoms with van der Waals surface area (Å²) in [4.78, 5) is 28.1. The van der Waals surface area contributed by atoms with Gasteiger partial charge in [0.05, 0.1) is 24.0 Å². The van der Waals surface area contributed by atoms with Gasteiger partial charge in [0.2, 0.25) is 5.91 Å². The summed E-state index contributed by atoms with van der Waals surface area (Å²) in [5.74, 6) is -2.18. The van der Waals surface area contributed by atoms with Crippen LogP contribution in [0.4, 0.5) is 10.1 Å². The molecule has 7 nitrogen and oxygen atoms in total. The molecule has 1 amide bonds. The zero-order chi connectivity index (χ0) is 18.2. The molecule has 2 heterocycles. The van der Waals surface area contributed by atoms with Crippen molar-refractivity contribution in [3.8, 4) is 0 Å². The van der Waals surface area contributed by atoms with Crippen LogP contribution in [-0.4, -0.2) is 53.4 Å². The number of carboxylic acid groups (broad SMARTS) is 1. The summed E-state index contributed by atoms with van der Waals surface area (Å²) in [6.07, 6.45) is -0.553. The highest BCUT2D eigenvalue weighted by molar-refractivity contribution is 8.16. The molecule has 2 fully saturated rings. The van der Waals surface area contributed by atoms with E-state index in [2.05, 4.69) is 4.99 Å². The Balaban J connectivity index is 1.90. The number of rotatable bonds is 4. The van der Waals surface area contributed by atoms with Gasteiger partial charge in [-0.1, -0.05) is 11.8 Å². The first-order valence-electron chi connectivity index (χ1n) is 7.50. The first kappa shape index (κ1) is 17.9. The largest absolute Gasteiger partial charge is 0.481 e. The number of amidine groups is 1. The molecule has 0 radical (unpaired) electrons. The van der Waals surface area contributed by atoms with Crippen molar-refractivity contribution in [2.75, 3.05) is 16.4 Å². The average molecular weight is 386 g/mol. The van der Waals surface area contributed by atoms with Crippen LogP contribution in [0.3, 0.4) is 0 Å². The van der Waals surface area contributed by atoms with Gasteiger partial charge in [0.15, 0.2) is 15.0 Å². The summed E-state index contributed by atoms with van der Waals surface area (Å²) in [6.45, 7) is 0. The smallest absolute Gasteiger partial charge is 0.303 e. The lowest BCUT2D eigenvalue weighted by atomic mass is 10.2. The number of sulfone groups is 1. The topological polar surface area (TPSA) is 104 Å². The minimum atomic E-state index is -3.18. The molecule has 0 aromatic heterocycles. The Bertz CT molecular complexity index is 838. The Labute approximate surface area is 147 Å². The number of carbonyl (C=O) groups is 2. The maximum Gasteiger partial charge on any atom is 0.303 e. The number of benzene rings is 1. The second-order valence-electron chi connectivity index (χ2n) is 5.83. The van der Waals surface area contributed by atoms with Crippen LogP contribution in [0.1, 0.15) is 12.8 Å². The normalized spacial score (nSPS) is 26.0. The molecule has 1 aromatic carbocycles. The average Bonchev–Trinajstić information content (AvgIpc) is 2.97. The molecule has 3 rings (SSSR count). The van der Waals surface area contributed by atoms with Gasteiger partial charge in [-0.2, -0.15) is 4.99 Å². The highest BCUT2D eigenvalue weighted by Gasteiger charge is 2.49. The number of carbonyl (C=O) groups excluding carboxylic acids is 1. The first-order valence-corrected chi connectivity index (χ1v) is 10.2. The third-order valence-corrected chi connectivity index (χ3v) is 7.15. The van der Waals surface area contributed by atoms with E-state index in [0.717, 1.165) is 0 Å². The van der Waals surface area contributed by atoms with Crippen molar-refractivity contribution >= 4 is 44.3 Å². The van der Waals surface area contributed by atoms with Gasteiger partial charge < -0.3 is 10.0 Å². The van der Waals surface area contributed by atoms with E-state index in [1.807, 2.05) is 0 Å². The van der Waals surface area contributed by atoms with Crippen LogP contribution in [0.15, 0.2) is 29.3 Å². The number of aliphatic imine (C=N–C) groups is 1. The lowest BCUT2D eigenvalue weighted by molar-refractivity contribution is -0.138. The zero-order valence-electron chi connectivity index (χ0n) is 13.0. The van der Waals surface area contributed by atoms with Crippen LogP contribution in [0.2, 0.25) is 0 Å². The van der Waals surface area contributed by atoms with Crippen LogP contribution in [0.5, 0.6) is 0 Å². The molecule has 1 aromatic rings. The number of carboxylic acids is 1. The van der Waals surface area contributed by atoms with Gasteiger partial charge in [-0.15, -0.1) is 0 Å². The summed E-state index contributed by atoms with van der Waals surface area (Å²) in [6, 6.07) is 5.12. The molecule has 2 saturated heterocycles. The van der Waals surface area contributed by atoms with Crippen molar-refractivity contribution < 1.29 is 27.5 Å². The van der Waals surface area contributed by atoms with Crippen LogP contribution in [-0.2, 0) is 19.4 Å². The van der Waals surface area contributed by atoms with Gasteiger partial charge in [-0.25, -0.2) is 12.8 Å². The van der Waals surface area contributed by atoms with E-state index in [0.29, 0.717) is 10.9 Å². The number of halogens is 1. The highest BCUT2D eigenvalue weighted by Crippen LogP contribution is 2.41. The van der Waals surface area contributed by atoms with Gasteiger partial charge in [0.25, 0.3) is 0 Å². The van der Waals surface area contributed by atoms with Crippen molar-refractivity contribution in [1.82, 2.24) is 0 Å². The molecule has 0 spiro atoms. The molecule has 2 atom stereocenters. The fourth-order valence-electron chi connectivity index (χ4n) is 2.84. The van der Waals surface area contributed by atoms with Crippen molar-refractivity contribution in [2.24, 2.45) is 4.99 Å². The van der Waals surface area contributed by atoms with E-state index < -0.39 is 27.5 Å². The molecular formula is C15H15FN2O5S2. The second kappa shape index (κ2) is 6.75. The van der Waals surface area contributed by atoms with Crippen LogP contribution in [0.25, 0.3) is 0 Å². The molecule has 0 saturated carbocycles. The summed E-state index contributed by atoms with van der Waals surface area (Å²) in [5.41, 5.74) is 0.545. The Hall–Kier alpha value is -1.94. The van der Waals surface area contributed by atoms with Crippen molar-refractivity contribution in [1.29, 1.82) is 0 Å². The number of hydrogen-bond donors (Lipinski definition) is 1. The summed E-state index contributed by atoms with van der Waals surface area (Å²) in [7, 11) is -3.18. The quantitative estimate of drug-likeness (QED) is 0.831. The molecule has 134 valence electrons. The number of thioether (sulfide) groups is 1. The number of amides is 1. The monoisotopic (exact) mass is 386 g/mol. The molecule has 0 unspecified atom stereocenters. The SMILES string of the molecule is O=C(O)CCC(=O)N=C1S[C@H]2CS(=O)(=O)C[C@H]2N1c1ccc(F)cc1. The molecule has 1 N–H and O–H groups in total. The summed E-state index contributed by atoms with van der Waals surface area (Å²) in [5, 5.41) is 8.71. The third-order valence-electron chi connectivity index (χ3n) is 3.94. The minimum absolute atomic E-state index is 0.0115. The first-order chi connectivity index (χ1) is 11.7. The second-order valence-corrected chi connectivity index (χ2v) is 9.19. The van der Waals surface area contributed by atoms with Crippen molar-refractivity contribution in [3.63, 3.8) is 0 Å². The molecule has 10 heteroatoms. The number of anilines is 1. The molecule has 0 bridgehead atoms. The van der Waals surface area contributed by atoms with E-state index in [4.69, 9.17) is 5.11 Å². The lowest BCUT2D eigenvalue weighted by Crippen LogP contribution is -2.37. The maximum atomic E-state index is 13.2. The van der Waals surface area contributed by atoms with E-state index in [-0.39, 0.29) is 35.6 Å². The molecular weight excluding hydrogens is 371 g/mol. The number of aliphatic carboxylic acids is 1. The van der Waals surface area contributed by atoms with Crippen LogP contribution >= 0.6 is 11.8 Å². The molecule has 0 aliphatic carbocycles. The van der Waals surface area contributed by atoms with E-state index in [9.17, 15) is 22.4 Å². The maximum absolute atomic E-state index is 13.2. The standard InChI is InChI=1S/C15H15FN2O5S2/c16-9-1-3-10(4-2-9)18-11-7-25(22,23)8-12(11)24-15(18)17-13(19)5-6-14(20)21/h1-4,11-12H,5-8H2,(H,20,21)/t11-,12+/m1/s1. The highest BCUT2D eigenvalue weighted by atomic mass is 32.2. The number of fused-ring (bicyclic) bond motifs is 1. The molecule has 2 aliphatic rings. The van der Waals surface area contributed by atoms with Gasteiger partial charge in [0.1, 0.15) is 5.82 Å². The van der Waals surface area contributed by atoms with Gasteiger partial charge in [-0.05, 0) is 24.3 Å². The Morgan fingerprint density at radius 2 is 1.92 bits per heavy atom. The minimum Gasteiger partial charge on any atom is -0.481 e. The Morgan fingerprint density at radius 1 is 1.24 bits per heavy atom. The molecule has 2 aliphatic heterocycles. The summed E-state index contributed by atoms with van der Waals surface area (Å²) < 4.78 is 37.0. The van der Waals surface area contributed by atoms with E-state index in [1.54, 1.807) is 4.90 Å². The van der Waals surface area contributed by atoms with Crippen molar-refractivity contribution in [3.05, 3.63) is 30.1 Å². The van der Waals surface area contributed by atoms with Crippen molar-refractivity contribution in [2.45, 2.75) is 24.1 Å². The predicted octanol–water partition coefficient (Wildman–Crippen LogP) is 1.29. The lowest BCUT2D eigenvalue weighted by Gasteiger charge is -2.24. The third kappa shape index (κ3) is 4.01. The molecule has 25 heavy (non-hydrogen) atoms. The van der Waals surface area contributed by atoms with Gasteiger partial charge in [-0.3, -0.25) is 9.59 Å². The van der Waals surface area contributed by atoms with Crippen LogP contribution in [0, 0.1) is 5.82 Å². The van der Waals surface area contributed by atoms with E-state index >= 15 is 0 Å². The Morgan fingerprint density at radius 3 is 2.56 bits per heavy atom.